The van der Waals surface area contributed by atoms with E-state index in [2.05, 4.69) is 9.97 Å². The zero-order valence-corrected chi connectivity index (χ0v) is 11.9. The van der Waals surface area contributed by atoms with Gasteiger partial charge >= 0.3 is 0 Å². The van der Waals surface area contributed by atoms with Gasteiger partial charge in [-0.3, -0.25) is 0 Å². The highest BCUT2D eigenvalue weighted by Gasteiger charge is 2.19. The topological polar surface area (TPSA) is 35.0 Å². The number of fused-ring (bicyclic) bond motifs is 1. The summed E-state index contributed by atoms with van der Waals surface area (Å²) in [5.41, 5.74) is 2.07. The Morgan fingerprint density at radius 3 is 2.94 bits per heavy atom. The molecular weight excluding hydrogens is 268 g/mol. The van der Waals surface area contributed by atoms with Crippen LogP contribution in [0.3, 0.4) is 0 Å². The molecule has 2 heterocycles. The molecule has 5 heteroatoms. The highest BCUT2D eigenvalue weighted by molar-refractivity contribution is 7.99. The van der Waals surface area contributed by atoms with Crippen LogP contribution in [0.5, 0.6) is 0 Å². The Labute approximate surface area is 117 Å². The molecule has 3 rings (SSSR count). The van der Waals surface area contributed by atoms with Crippen LogP contribution in [0.1, 0.15) is 42.8 Å². The first-order valence-electron chi connectivity index (χ1n) is 6.56. The molecular formula is C13H17ClN2OS. The molecule has 0 spiro atoms. The summed E-state index contributed by atoms with van der Waals surface area (Å²) in [6.45, 7) is 1.31. The van der Waals surface area contributed by atoms with E-state index in [0.29, 0.717) is 11.8 Å². The van der Waals surface area contributed by atoms with Crippen molar-refractivity contribution in [3.05, 3.63) is 22.2 Å². The molecule has 0 N–H and O–H groups in total. The lowest BCUT2D eigenvalue weighted by Gasteiger charge is -2.17. The molecule has 1 aliphatic carbocycles. The van der Waals surface area contributed by atoms with Gasteiger partial charge < -0.3 is 4.74 Å². The fraction of sp³-hybridized carbons (Fsp3) is 0.692. The van der Waals surface area contributed by atoms with Crippen LogP contribution in [0.4, 0.5) is 0 Å². The number of hydrogen-bond acceptors (Lipinski definition) is 4. The molecule has 3 nitrogen and oxygen atoms in total. The standard InChI is InChI=1S/C13H17ClN2OS/c14-13-10-7-17-6-5-11(10)15-12(16-13)8-18-9-3-1-2-4-9/h9H,1-8H2. The summed E-state index contributed by atoms with van der Waals surface area (Å²) in [4.78, 5) is 9.04. The second-order valence-corrected chi connectivity index (χ2v) is 6.52. The monoisotopic (exact) mass is 284 g/mol. The third-order valence-corrected chi connectivity index (χ3v) is 5.25. The smallest absolute Gasteiger partial charge is 0.140 e. The van der Waals surface area contributed by atoms with Crippen molar-refractivity contribution in [2.24, 2.45) is 0 Å². The van der Waals surface area contributed by atoms with Crippen molar-refractivity contribution in [2.45, 2.75) is 49.7 Å². The van der Waals surface area contributed by atoms with Crippen molar-refractivity contribution in [1.29, 1.82) is 0 Å². The molecule has 18 heavy (non-hydrogen) atoms. The number of rotatable bonds is 3. The Kier molecular flexibility index (Phi) is 4.07. The van der Waals surface area contributed by atoms with Gasteiger partial charge in [-0.2, -0.15) is 11.8 Å². The maximum Gasteiger partial charge on any atom is 0.140 e. The molecule has 1 saturated carbocycles. The van der Waals surface area contributed by atoms with Crippen molar-refractivity contribution in [2.75, 3.05) is 6.61 Å². The van der Waals surface area contributed by atoms with Gasteiger partial charge in [0.2, 0.25) is 0 Å². The number of aromatic nitrogens is 2. The number of halogens is 1. The Hall–Kier alpha value is -0.320. The SMILES string of the molecule is Clc1nc(CSC2CCCC2)nc2c1COCC2. The highest BCUT2D eigenvalue weighted by Crippen LogP contribution is 2.31. The van der Waals surface area contributed by atoms with E-state index in [-0.39, 0.29) is 0 Å². The average Bonchev–Trinajstić information content (AvgIpc) is 2.90. The second-order valence-electron chi connectivity index (χ2n) is 4.88. The fourth-order valence-electron chi connectivity index (χ4n) is 2.55. The quantitative estimate of drug-likeness (QED) is 0.797. The van der Waals surface area contributed by atoms with E-state index in [1.54, 1.807) is 0 Å². The van der Waals surface area contributed by atoms with E-state index < -0.39 is 0 Å². The lowest BCUT2D eigenvalue weighted by atomic mass is 10.1. The van der Waals surface area contributed by atoms with Crippen molar-refractivity contribution in [1.82, 2.24) is 9.97 Å². The lowest BCUT2D eigenvalue weighted by Crippen LogP contribution is -2.15. The molecule has 0 amide bonds. The molecule has 0 aromatic carbocycles. The predicted octanol–water partition coefficient (Wildman–Crippen LogP) is 3.38. The van der Waals surface area contributed by atoms with E-state index in [9.17, 15) is 0 Å². The summed E-state index contributed by atoms with van der Waals surface area (Å²) in [6.07, 6.45) is 6.30. The van der Waals surface area contributed by atoms with E-state index in [1.165, 1.54) is 25.7 Å². The number of hydrogen-bond donors (Lipinski definition) is 0. The van der Waals surface area contributed by atoms with Crippen LogP contribution in [0.2, 0.25) is 5.15 Å². The summed E-state index contributed by atoms with van der Waals surface area (Å²) >= 11 is 8.18. The van der Waals surface area contributed by atoms with Gasteiger partial charge in [-0.25, -0.2) is 9.97 Å². The summed E-state index contributed by atoms with van der Waals surface area (Å²) in [5.74, 6) is 1.77. The molecule has 0 atom stereocenters. The Balaban J connectivity index is 1.70. The molecule has 0 radical (unpaired) electrons. The Bertz CT molecular complexity index is 435. The molecule has 1 fully saturated rings. The first-order chi connectivity index (χ1) is 8.83. The van der Waals surface area contributed by atoms with Gasteiger partial charge in [-0.05, 0) is 12.8 Å². The molecule has 98 valence electrons. The number of thioether (sulfide) groups is 1. The summed E-state index contributed by atoms with van der Waals surface area (Å²) < 4.78 is 5.39. The van der Waals surface area contributed by atoms with Crippen molar-refractivity contribution in [3.8, 4) is 0 Å². The van der Waals surface area contributed by atoms with Crippen molar-refractivity contribution < 1.29 is 4.74 Å². The molecule has 1 aliphatic heterocycles. The average molecular weight is 285 g/mol. The minimum atomic E-state index is 0.560. The van der Waals surface area contributed by atoms with Gasteiger partial charge in [0.05, 0.1) is 24.7 Å². The predicted molar refractivity (Wildman–Crippen MR) is 74.0 cm³/mol. The van der Waals surface area contributed by atoms with E-state index in [1.807, 2.05) is 11.8 Å². The Morgan fingerprint density at radius 1 is 1.28 bits per heavy atom. The van der Waals surface area contributed by atoms with Crippen LogP contribution >= 0.6 is 23.4 Å². The third-order valence-electron chi connectivity index (χ3n) is 3.57. The summed E-state index contributed by atoms with van der Waals surface area (Å²) in [5, 5.41) is 1.38. The molecule has 0 saturated heterocycles. The fourth-order valence-corrected chi connectivity index (χ4v) is 3.99. The van der Waals surface area contributed by atoms with E-state index in [0.717, 1.165) is 41.1 Å². The number of nitrogens with zero attached hydrogens (tertiary/aromatic N) is 2. The van der Waals surface area contributed by atoms with Crippen LogP contribution in [-0.2, 0) is 23.5 Å². The highest BCUT2D eigenvalue weighted by atomic mass is 35.5. The first-order valence-corrected chi connectivity index (χ1v) is 7.99. The van der Waals surface area contributed by atoms with E-state index >= 15 is 0 Å². The zero-order valence-electron chi connectivity index (χ0n) is 10.3. The largest absolute Gasteiger partial charge is 0.376 e. The van der Waals surface area contributed by atoms with Crippen LogP contribution in [0.15, 0.2) is 0 Å². The van der Waals surface area contributed by atoms with Crippen LogP contribution in [-0.4, -0.2) is 21.8 Å². The molecule has 0 bridgehead atoms. The zero-order chi connectivity index (χ0) is 12.4. The molecule has 0 unspecified atom stereocenters. The Morgan fingerprint density at radius 2 is 2.11 bits per heavy atom. The van der Waals surface area contributed by atoms with Crippen LogP contribution in [0, 0.1) is 0 Å². The van der Waals surface area contributed by atoms with Crippen LogP contribution < -0.4 is 0 Å². The van der Waals surface area contributed by atoms with E-state index in [4.69, 9.17) is 16.3 Å². The first kappa shape index (κ1) is 12.7. The minimum Gasteiger partial charge on any atom is -0.376 e. The normalized spacial score (nSPS) is 20.1. The summed E-state index contributed by atoms with van der Waals surface area (Å²) in [6, 6.07) is 0. The van der Waals surface area contributed by atoms with Gasteiger partial charge in [-0.1, -0.05) is 24.4 Å². The maximum absolute atomic E-state index is 6.20. The van der Waals surface area contributed by atoms with Crippen molar-refractivity contribution in [3.63, 3.8) is 0 Å². The second kappa shape index (κ2) is 5.76. The summed E-state index contributed by atoms with van der Waals surface area (Å²) in [7, 11) is 0. The van der Waals surface area contributed by atoms with Crippen LogP contribution in [0.25, 0.3) is 0 Å². The van der Waals surface area contributed by atoms with Gasteiger partial charge in [0.25, 0.3) is 0 Å². The minimum absolute atomic E-state index is 0.560. The van der Waals surface area contributed by atoms with Gasteiger partial charge in [0, 0.05) is 17.2 Å². The third kappa shape index (κ3) is 2.81. The van der Waals surface area contributed by atoms with Gasteiger partial charge in [0.1, 0.15) is 11.0 Å². The van der Waals surface area contributed by atoms with Gasteiger partial charge in [-0.15, -0.1) is 0 Å². The van der Waals surface area contributed by atoms with Crippen molar-refractivity contribution >= 4 is 23.4 Å². The molecule has 1 aromatic heterocycles. The maximum atomic E-state index is 6.20. The molecule has 2 aliphatic rings. The number of ether oxygens (including phenoxy) is 1. The lowest BCUT2D eigenvalue weighted by molar-refractivity contribution is 0.109. The van der Waals surface area contributed by atoms with Gasteiger partial charge in [0.15, 0.2) is 0 Å². The molecule has 1 aromatic rings.